The van der Waals surface area contributed by atoms with Crippen molar-refractivity contribution < 1.29 is 4.52 Å². The summed E-state index contributed by atoms with van der Waals surface area (Å²) in [6.45, 7) is 2.17. The highest BCUT2D eigenvalue weighted by Gasteiger charge is 2.04. The van der Waals surface area contributed by atoms with Crippen molar-refractivity contribution in [1.82, 2.24) is 0 Å². The number of nitrogens with two attached hydrogens (primary N) is 1. The average Bonchev–Trinajstić information content (AvgIpc) is 2.22. The molecule has 0 aliphatic heterocycles. The molecule has 0 saturated carbocycles. The van der Waals surface area contributed by atoms with Gasteiger partial charge in [-0.1, -0.05) is 6.92 Å². The van der Waals surface area contributed by atoms with Gasteiger partial charge >= 0.3 is 0 Å². The fraction of sp³-hybridized carbons (Fsp3) is 0.400. The maximum absolute atomic E-state index is 5.61. The van der Waals surface area contributed by atoms with E-state index in [1.54, 1.807) is 7.11 Å². The number of rotatable bonds is 5. The highest BCUT2D eigenvalue weighted by atomic mass is 32.2. The third kappa shape index (κ3) is 3.87. The molecule has 1 aromatic rings. The van der Waals surface area contributed by atoms with E-state index in [1.165, 1.54) is 4.90 Å². The van der Waals surface area contributed by atoms with Crippen LogP contribution in [0, 0.1) is 0 Å². The normalized spacial score (nSPS) is 12.7. The van der Waals surface area contributed by atoms with E-state index in [0.29, 0.717) is 0 Å². The fourth-order valence-electron chi connectivity index (χ4n) is 0.984. The molecule has 14 heavy (non-hydrogen) atoms. The van der Waals surface area contributed by atoms with E-state index >= 15 is 0 Å². The molecule has 0 radical (unpaired) electrons. The molecule has 0 aliphatic carbocycles. The number of hydrogen-bond donors (Lipinski definition) is 1. The van der Waals surface area contributed by atoms with Gasteiger partial charge in [-0.15, -0.1) is 11.8 Å². The van der Waals surface area contributed by atoms with Crippen LogP contribution >= 0.6 is 19.9 Å². The average molecular weight is 229 g/mol. The van der Waals surface area contributed by atoms with Crippen LogP contribution in [0.15, 0.2) is 29.2 Å². The van der Waals surface area contributed by atoms with Crippen LogP contribution < -0.4 is 5.73 Å². The van der Waals surface area contributed by atoms with Crippen LogP contribution in [-0.2, 0) is 4.52 Å². The molecule has 1 aromatic carbocycles. The first-order valence-electron chi connectivity index (χ1n) is 4.53. The molecule has 0 amide bonds. The third-order valence-electron chi connectivity index (χ3n) is 1.87. The van der Waals surface area contributed by atoms with Crippen molar-refractivity contribution in [2.24, 2.45) is 0 Å². The molecule has 0 saturated heterocycles. The maximum Gasteiger partial charge on any atom is 0.0426 e. The van der Waals surface area contributed by atoms with Crippen LogP contribution in [-0.4, -0.2) is 18.8 Å². The van der Waals surface area contributed by atoms with Gasteiger partial charge in [0.25, 0.3) is 0 Å². The summed E-state index contributed by atoms with van der Waals surface area (Å²) in [5.41, 5.74) is 7.49. The highest BCUT2D eigenvalue weighted by molar-refractivity contribution is 8.04. The van der Waals surface area contributed by atoms with E-state index in [0.717, 1.165) is 17.3 Å². The lowest BCUT2D eigenvalue weighted by Crippen LogP contribution is -1.86. The van der Waals surface area contributed by atoms with Crippen molar-refractivity contribution in [2.75, 3.05) is 24.5 Å². The molecule has 2 nitrogen and oxygen atoms in total. The molecule has 1 unspecified atom stereocenters. The van der Waals surface area contributed by atoms with Crippen molar-refractivity contribution in [3.63, 3.8) is 0 Å². The van der Waals surface area contributed by atoms with Gasteiger partial charge in [-0.3, -0.25) is 0 Å². The topological polar surface area (TPSA) is 35.2 Å². The molecule has 2 N–H and O–H groups in total. The summed E-state index contributed by atoms with van der Waals surface area (Å²) in [4.78, 5) is 1.26. The molecular formula is C10H16NOPS. The first-order valence-corrected chi connectivity index (χ1v) is 7.15. The van der Waals surface area contributed by atoms with Crippen molar-refractivity contribution in [1.29, 1.82) is 0 Å². The van der Waals surface area contributed by atoms with Gasteiger partial charge in [0.05, 0.1) is 0 Å². The second-order valence-corrected chi connectivity index (χ2v) is 6.58. The summed E-state index contributed by atoms with van der Waals surface area (Å²) < 4.78 is 5.36. The molecule has 0 heterocycles. The van der Waals surface area contributed by atoms with Gasteiger partial charge in [0, 0.05) is 31.3 Å². The first-order chi connectivity index (χ1) is 6.76. The van der Waals surface area contributed by atoms with Crippen LogP contribution in [0.5, 0.6) is 0 Å². The lowest BCUT2D eigenvalue weighted by molar-refractivity contribution is 0.464. The van der Waals surface area contributed by atoms with Crippen molar-refractivity contribution in [2.45, 2.75) is 11.8 Å². The van der Waals surface area contributed by atoms with Gasteiger partial charge in [0.15, 0.2) is 0 Å². The summed E-state index contributed by atoms with van der Waals surface area (Å²) in [6, 6.07) is 7.98. The Morgan fingerprint density at radius 1 is 1.36 bits per heavy atom. The largest absolute Gasteiger partial charge is 0.399 e. The minimum absolute atomic E-state index is 0.256. The van der Waals surface area contributed by atoms with Gasteiger partial charge < -0.3 is 10.3 Å². The minimum atomic E-state index is -0.256. The quantitative estimate of drug-likeness (QED) is 0.477. The Kier molecular flexibility index (Phi) is 5.31. The molecular weight excluding hydrogens is 213 g/mol. The minimum Gasteiger partial charge on any atom is -0.399 e. The Hall–Kier alpha value is -0.240. The zero-order valence-electron chi connectivity index (χ0n) is 8.56. The summed E-state index contributed by atoms with van der Waals surface area (Å²) in [5, 5.41) is 0. The summed E-state index contributed by atoms with van der Waals surface area (Å²) >= 11 is 1.83. The molecule has 0 aliphatic rings. The Labute approximate surface area is 91.1 Å². The molecule has 0 bridgehead atoms. The van der Waals surface area contributed by atoms with Crippen molar-refractivity contribution in [3.8, 4) is 0 Å². The van der Waals surface area contributed by atoms with Crippen LogP contribution in [0.25, 0.3) is 0 Å². The van der Waals surface area contributed by atoms with Crippen LogP contribution in [0.4, 0.5) is 5.69 Å². The van der Waals surface area contributed by atoms with Crippen LogP contribution in [0.2, 0.25) is 0 Å². The zero-order chi connectivity index (χ0) is 10.4. The van der Waals surface area contributed by atoms with E-state index < -0.39 is 0 Å². The number of thioether (sulfide) groups is 1. The van der Waals surface area contributed by atoms with Gasteiger partial charge in [-0.2, -0.15) is 0 Å². The second kappa shape index (κ2) is 6.28. The standard InChI is InChI=1S/C10H16NOPS/c1-3-13(12-2)8-14-10-6-4-9(11)5-7-10/h4-7H,3,8,11H2,1-2H3. The molecule has 4 heteroatoms. The summed E-state index contributed by atoms with van der Waals surface area (Å²) in [5.74, 6) is 0. The van der Waals surface area contributed by atoms with Gasteiger partial charge in [0.1, 0.15) is 0 Å². The monoisotopic (exact) mass is 229 g/mol. The molecule has 1 rings (SSSR count). The predicted octanol–water partition coefficient (Wildman–Crippen LogP) is 3.38. The molecule has 0 fully saturated rings. The van der Waals surface area contributed by atoms with Crippen LogP contribution in [0.3, 0.4) is 0 Å². The lowest BCUT2D eigenvalue weighted by Gasteiger charge is -2.11. The zero-order valence-corrected chi connectivity index (χ0v) is 10.3. The number of hydrogen-bond acceptors (Lipinski definition) is 3. The van der Waals surface area contributed by atoms with Gasteiger partial charge in [-0.25, -0.2) is 0 Å². The molecule has 0 aromatic heterocycles. The van der Waals surface area contributed by atoms with E-state index in [1.807, 2.05) is 23.9 Å². The van der Waals surface area contributed by atoms with E-state index in [9.17, 15) is 0 Å². The molecule has 0 spiro atoms. The SMILES string of the molecule is CCP(CSc1ccc(N)cc1)OC. The van der Waals surface area contributed by atoms with Gasteiger partial charge in [0.2, 0.25) is 0 Å². The highest BCUT2D eigenvalue weighted by Crippen LogP contribution is 2.41. The lowest BCUT2D eigenvalue weighted by atomic mass is 10.3. The Balaban J connectivity index is 2.41. The van der Waals surface area contributed by atoms with Crippen molar-refractivity contribution in [3.05, 3.63) is 24.3 Å². The summed E-state index contributed by atoms with van der Waals surface area (Å²) in [7, 11) is 1.53. The van der Waals surface area contributed by atoms with E-state index in [4.69, 9.17) is 10.3 Å². The summed E-state index contributed by atoms with van der Waals surface area (Å²) in [6.07, 6.45) is 1.12. The first kappa shape index (κ1) is 11.8. The van der Waals surface area contributed by atoms with E-state index in [-0.39, 0.29) is 8.15 Å². The number of benzene rings is 1. The smallest absolute Gasteiger partial charge is 0.0426 e. The molecule has 1 atom stereocenters. The Bertz CT molecular complexity index is 261. The fourth-order valence-corrected chi connectivity index (χ4v) is 3.89. The van der Waals surface area contributed by atoms with Crippen molar-refractivity contribution >= 4 is 25.6 Å². The molecule has 78 valence electrons. The van der Waals surface area contributed by atoms with E-state index in [2.05, 4.69) is 19.1 Å². The number of anilines is 1. The number of nitrogen functional groups attached to an aromatic ring is 1. The van der Waals surface area contributed by atoms with Crippen LogP contribution in [0.1, 0.15) is 6.92 Å². The third-order valence-corrected chi connectivity index (χ3v) is 5.36. The Morgan fingerprint density at radius 3 is 2.50 bits per heavy atom. The Morgan fingerprint density at radius 2 is 2.00 bits per heavy atom. The second-order valence-electron chi connectivity index (χ2n) is 2.82. The predicted molar refractivity (Wildman–Crippen MR) is 66.0 cm³/mol. The maximum atomic E-state index is 5.61. The van der Waals surface area contributed by atoms with Gasteiger partial charge in [-0.05, 0) is 30.4 Å².